The normalized spacial score (nSPS) is 15.9. The molecule has 6 heteroatoms. The molecule has 16 heavy (non-hydrogen) atoms. The molecule has 0 bridgehead atoms. The average molecular weight is 334 g/mol. The van der Waals surface area contributed by atoms with Gasteiger partial charge in [-0.3, -0.25) is 0 Å². The zero-order valence-corrected chi connectivity index (χ0v) is 10.9. The monoisotopic (exact) mass is 334 g/mol. The maximum atomic E-state index is 11.3. The molecule has 2 amide bonds. The first-order chi connectivity index (χ1) is 7.68. The van der Waals surface area contributed by atoms with Crippen LogP contribution >= 0.6 is 0 Å². The van der Waals surface area contributed by atoms with Crippen molar-refractivity contribution in [3.63, 3.8) is 0 Å². The Morgan fingerprint density at radius 3 is 2.62 bits per heavy atom. The topological polar surface area (TPSA) is 50.5 Å². The number of halogens is 1. The van der Waals surface area contributed by atoms with Crippen molar-refractivity contribution in [2.24, 2.45) is 0 Å². The number of carbonyl (C=O) groups excluding carboxylic acids is 2. The molecule has 86 valence electrons. The summed E-state index contributed by atoms with van der Waals surface area (Å²) in [5.41, 5.74) is 0.932. The zero-order chi connectivity index (χ0) is 11.5. The number of carbonyl (C=O) groups is 2. The fourth-order valence-electron chi connectivity index (χ4n) is 1.28. The summed E-state index contributed by atoms with van der Waals surface area (Å²) >= 11 is -1.06. The number of pyridine rings is 1. The zero-order valence-electron chi connectivity index (χ0n) is 8.72. The van der Waals surface area contributed by atoms with Crippen molar-refractivity contribution in [2.75, 3.05) is 0 Å². The Bertz CT molecular complexity index is 420. The molecule has 0 atom stereocenters. The summed E-state index contributed by atoms with van der Waals surface area (Å²) < 4.78 is 8.31. The van der Waals surface area contributed by atoms with E-state index in [1.807, 2.05) is 25.1 Å². The molecule has 1 fully saturated rings. The molecule has 1 aromatic heterocycles. The summed E-state index contributed by atoms with van der Waals surface area (Å²) in [5, 5.41) is 0. The molecule has 1 aliphatic heterocycles. The molecular weight excluding hydrogens is 323 g/mol. The van der Waals surface area contributed by atoms with E-state index in [1.54, 1.807) is 10.9 Å². The number of imide groups is 1. The first-order valence-electron chi connectivity index (χ1n) is 4.84. The van der Waals surface area contributed by atoms with Crippen LogP contribution in [0.2, 0.25) is 0 Å². The van der Waals surface area contributed by atoms with Crippen LogP contribution in [0.3, 0.4) is 0 Å². The average Bonchev–Trinajstić information content (AvgIpc) is 2.58. The van der Waals surface area contributed by atoms with Crippen LogP contribution in [-0.4, -0.2) is 14.9 Å². The van der Waals surface area contributed by atoms with Crippen LogP contribution in [0.1, 0.15) is 18.5 Å². The molecule has 1 aliphatic rings. The minimum absolute atomic E-state index is 0.119. The molecule has 2 heterocycles. The third-order valence-electron chi connectivity index (χ3n) is 2.18. The Balaban J connectivity index is 2.00. The van der Waals surface area contributed by atoms with Crippen LogP contribution < -0.4 is 29.8 Å². The van der Waals surface area contributed by atoms with Gasteiger partial charge in [0.05, 0.1) is 0 Å². The Kier molecular flexibility index (Phi) is 3.37. The molecule has 2 rings (SSSR count). The molecule has 5 nitrogen and oxygen atoms in total. The van der Waals surface area contributed by atoms with Gasteiger partial charge in [-0.05, 0) is 0 Å². The number of aryl methyl sites for hydroxylation is 1. The molecule has 0 aromatic carbocycles. The van der Waals surface area contributed by atoms with Crippen LogP contribution in [0.5, 0.6) is 0 Å². The quantitative estimate of drug-likeness (QED) is 0.253. The first-order valence-corrected chi connectivity index (χ1v) is 6.68. The van der Waals surface area contributed by atoms with Crippen LogP contribution in [0.4, 0.5) is 0 Å². The first kappa shape index (κ1) is 11.3. The second-order valence-electron chi connectivity index (χ2n) is 3.37. The Labute approximate surface area is 104 Å². The van der Waals surface area contributed by atoms with E-state index in [9.17, 15) is 9.59 Å². The van der Waals surface area contributed by atoms with Gasteiger partial charge in [0, 0.05) is 0 Å². The predicted octanol–water partition coefficient (Wildman–Crippen LogP) is -3.22. The summed E-state index contributed by atoms with van der Waals surface area (Å²) in [6.45, 7) is 1.90. The summed E-state index contributed by atoms with van der Waals surface area (Å²) in [5.74, 6) is -0.237. The third kappa shape index (κ3) is 2.31. The van der Waals surface area contributed by atoms with Crippen LogP contribution in [0, 0.1) is 6.92 Å². The van der Waals surface area contributed by atoms with E-state index in [-0.39, 0.29) is 11.8 Å². The Hall–Kier alpha value is -1.18. The van der Waals surface area contributed by atoms with Gasteiger partial charge < -0.3 is 0 Å². The van der Waals surface area contributed by atoms with E-state index in [0.29, 0.717) is 12.8 Å². The van der Waals surface area contributed by atoms with Gasteiger partial charge in [-0.25, -0.2) is 0 Å². The van der Waals surface area contributed by atoms with Gasteiger partial charge >= 0.3 is 104 Å². The van der Waals surface area contributed by atoms with E-state index in [1.165, 1.54) is 3.11 Å². The van der Waals surface area contributed by atoms with Crippen LogP contribution in [-0.2, 0) is 9.59 Å². The van der Waals surface area contributed by atoms with Gasteiger partial charge in [0.2, 0.25) is 0 Å². The SMILES string of the molecule is Cc1cccc[n+]1O[I-]N1C(=O)CCC1=O. The van der Waals surface area contributed by atoms with E-state index >= 15 is 0 Å². The van der Waals surface area contributed by atoms with Crippen molar-refractivity contribution in [1.82, 2.24) is 3.11 Å². The number of amides is 2. The molecular formula is C10H11IN2O3. The number of aromatic nitrogens is 1. The number of hydrogen-bond donors (Lipinski definition) is 0. The third-order valence-corrected chi connectivity index (χ3v) is 4.25. The molecule has 1 saturated heterocycles. The minimum atomic E-state index is -1.06. The second-order valence-corrected chi connectivity index (χ2v) is 5.13. The molecule has 0 radical (unpaired) electrons. The standard InChI is InChI=1S/C10H11IN2O3/c1-8-4-2-3-7-12(8)16-11-13-9(14)5-6-10(13)15/h2-4,7H,5-6H2,1H3. The Morgan fingerprint density at radius 1 is 1.31 bits per heavy atom. The number of rotatable bonds is 3. The Morgan fingerprint density at radius 2 is 2.00 bits per heavy atom. The van der Waals surface area contributed by atoms with Crippen LogP contribution in [0.25, 0.3) is 0 Å². The fourth-order valence-corrected chi connectivity index (χ4v) is 3.01. The van der Waals surface area contributed by atoms with Crippen molar-refractivity contribution < 1.29 is 39.4 Å². The second kappa shape index (κ2) is 4.77. The van der Waals surface area contributed by atoms with Crippen molar-refractivity contribution in [3.8, 4) is 0 Å². The number of nitrogens with zero attached hydrogens (tertiary/aromatic N) is 2. The van der Waals surface area contributed by atoms with E-state index in [4.69, 9.17) is 3.17 Å². The van der Waals surface area contributed by atoms with Crippen LogP contribution in [0.15, 0.2) is 24.4 Å². The van der Waals surface area contributed by atoms with Crippen molar-refractivity contribution in [1.29, 1.82) is 0 Å². The van der Waals surface area contributed by atoms with Crippen molar-refractivity contribution in [3.05, 3.63) is 30.1 Å². The predicted molar refractivity (Wildman–Crippen MR) is 49.0 cm³/mol. The van der Waals surface area contributed by atoms with E-state index < -0.39 is 21.9 Å². The maximum absolute atomic E-state index is 11.3. The van der Waals surface area contributed by atoms with Crippen molar-refractivity contribution in [2.45, 2.75) is 19.8 Å². The molecule has 0 saturated carbocycles. The van der Waals surface area contributed by atoms with Gasteiger partial charge in [0.25, 0.3) is 0 Å². The van der Waals surface area contributed by atoms with E-state index in [2.05, 4.69) is 0 Å². The molecule has 0 aliphatic carbocycles. The fraction of sp³-hybridized carbons (Fsp3) is 0.300. The van der Waals surface area contributed by atoms with Gasteiger partial charge in [-0.15, -0.1) is 0 Å². The van der Waals surface area contributed by atoms with Gasteiger partial charge in [-0.2, -0.15) is 0 Å². The molecule has 1 aromatic rings. The van der Waals surface area contributed by atoms with E-state index in [0.717, 1.165) is 5.69 Å². The molecule has 0 spiro atoms. The van der Waals surface area contributed by atoms with Gasteiger partial charge in [0.1, 0.15) is 0 Å². The number of hydrogen-bond acceptors (Lipinski definition) is 3. The van der Waals surface area contributed by atoms with Gasteiger partial charge in [-0.1, -0.05) is 0 Å². The van der Waals surface area contributed by atoms with Crippen molar-refractivity contribution >= 4 is 11.8 Å². The summed E-state index contributed by atoms with van der Waals surface area (Å²) in [4.78, 5) is 22.7. The van der Waals surface area contributed by atoms with Gasteiger partial charge in [0.15, 0.2) is 0 Å². The summed E-state index contributed by atoms with van der Waals surface area (Å²) in [7, 11) is 0. The summed E-state index contributed by atoms with van der Waals surface area (Å²) in [6, 6.07) is 5.64. The molecule has 0 unspecified atom stereocenters. The molecule has 0 N–H and O–H groups in total. The summed E-state index contributed by atoms with van der Waals surface area (Å²) in [6.07, 6.45) is 2.40.